The first-order chi connectivity index (χ1) is 27.0. The van der Waals surface area contributed by atoms with Gasteiger partial charge in [0, 0.05) is 49.0 Å². The number of hydrogen-bond acceptors (Lipinski definition) is 3. The number of rotatable bonds is 4. The molecule has 0 saturated heterocycles. The molecular formula is C49H36N6. The first-order valence-corrected chi connectivity index (χ1v) is 18.8. The third-order valence-corrected chi connectivity index (χ3v) is 10.9. The maximum atomic E-state index is 5.37. The van der Waals surface area contributed by atoms with E-state index in [1.807, 2.05) is 0 Å². The van der Waals surface area contributed by atoms with Crippen molar-refractivity contribution in [3.05, 3.63) is 170 Å². The fourth-order valence-electron chi connectivity index (χ4n) is 8.53. The van der Waals surface area contributed by atoms with Gasteiger partial charge in [0.2, 0.25) is 5.95 Å². The standard InChI is InChI=1S/C49H36N6/c1-49(2,3)47-50-46(51-48(52-47)55-39-25-13-7-19-32(39)33-20-8-14-26-40(33)55)37-23-11-16-28-42(37)54-38-24-12-9-21-34(38)35-29-30-43-44(45(35)54)36-22-10-15-27-41(36)53(43)31-17-5-4-6-18-31/h4-30H,1-3H3. The van der Waals surface area contributed by atoms with E-state index in [0.717, 1.165) is 50.3 Å². The van der Waals surface area contributed by atoms with Crippen molar-refractivity contribution < 1.29 is 0 Å². The maximum Gasteiger partial charge on any atom is 0.238 e. The van der Waals surface area contributed by atoms with Gasteiger partial charge in [-0.3, -0.25) is 4.57 Å². The summed E-state index contributed by atoms with van der Waals surface area (Å²) in [5.74, 6) is 1.98. The molecule has 4 heterocycles. The number of hydrogen-bond donors (Lipinski definition) is 0. The van der Waals surface area contributed by atoms with Crippen molar-refractivity contribution in [3.8, 4) is 28.7 Å². The zero-order valence-electron chi connectivity index (χ0n) is 30.8. The van der Waals surface area contributed by atoms with Crippen LogP contribution in [0.2, 0.25) is 0 Å². The van der Waals surface area contributed by atoms with Crippen LogP contribution in [-0.2, 0) is 5.41 Å². The summed E-state index contributed by atoms with van der Waals surface area (Å²) in [5, 5.41) is 7.15. The molecule has 11 rings (SSSR count). The normalized spacial score (nSPS) is 12.3. The van der Waals surface area contributed by atoms with Gasteiger partial charge in [-0.1, -0.05) is 130 Å². The lowest BCUT2D eigenvalue weighted by atomic mass is 9.95. The number of nitrogens with zero attached hydrogens (tertiary/aromatic N) is 6. The molecule has 0 unspecified atom stereocenters. The molecule has 0 fully saturated rings. The molecule has 6 nitrogen and oxygen atoms in total. The van der Waals surface area contributed by atoms with Gasteiger partial charge >= 0.3 is 0 Å². The highest BCUT2D eigenvalue weighted by atomic mass is 15.2. The summed E-state index contributed by atoms with van der Waals surface area (Å²) >= 11 is 0. The van der Waals surface area contributed by atoms with Gasteiger partial charge in [-0.15, -0.1) is 0 Å². The van der Waals surface area contributed by atoms with Crippen LogP contribution in [0, 0.1) is 0 Å². The molecule has 0 spiro atoms. The predicted molar refractivity (Wildman–Crippen MR) is 227 cm³/mol. The van der Waals surface area contributed by atoms with Crippen LogP contribution < -0.4 is 0 Å². The van der Waals surface area contributed by atoms with E-state index in [4.69, 9.17) is 15.0 Å². The summed E-state index contributed by atoms with van der Waals surface area (Å²) in [6.07, 6.45) is 0. The molecule has 0 N–H and O–H groups in total. The Morgan fingerprint density at radius 1 is 0.400 bits per heavy atom. The first-order valence-electron chi connectivity index (χ1n) is 18.8. The zero-order valence-corrected chi connectivity index (χ0v) is 30.8. The van der Waals surface area contributed by atoms with Crippen molar-refractivity contribution in [2.45, 2.75) is 26.2 Å². The minimum absolute atomic E-state index is 0.335. The van der Waals surface area contributed by atoms with Crippen LogP contribution in [0.25, 0.3) is 94.1 Å². The minimum Gasteiger partial charge on any atom is -0.309 e. The van der Waals surface area contributed by atoms with Crippen LogP contribution in [0.5, 0.6) is 0 Å². The third-order valence-electron chi connectivity index (χ3n) is 10.9. The summed E-state index contributed by atoms with van der Waals surface area (Å²) < 4.78 is 7.01. The molecule has 7 aromatic carbocycles. The van der Waals surface area contributed by atoms with Crippen molar-refractivity contribution in [1.82, 2.24) is 28.7 Å². The Morgan fingerprint density at radius 2 is 0.927 bits per heavy atom. The molecule has 11 aromatic rings. The Hall–Kier alpha value is -7.05. The van der Waals surface area contributed by atoms with Crippen LogP contribution in [0.1, 0.15) is 26.6 Å². The van der Waals surface area contributed by atoms with Crippen molar-refractivity contribution in [2.75, 3.05) is 0 Å². The van der Waals surface area contributed by atoms with Crippen LogP contribution >= 0.6 is 0 Å². The highest BCUT2D eigenvalue weighted by molar-refractivity contribution is 6.26. The summed E-state index contributed by atoms with van der Waals surface area (Å²) in [6.45, 7) is 6.50. The molecular weight excluding hydrogens is 673 g/mol. The Bertz CT molecular complexity index is 3250. The topological polar surface area (TPSA) is 53.5 Å². The molecule has 0 radical (unpaired) electrons. The van der Waals surface area contributed by atoms with E-state index >= 15 is 0 Å². The Labute approximate surface area is 317 Å². The van der Waals surface area contributed by atoms with E-state index in [-0.39, 0.29) is 5.41 Å². The lowest BCUT2D eigenvalue weighted by molar-refractivity contribution is 0.540. The molecule has 4 aromatic heterocycles. The second-order valence-corrected chi connectivity index (χ2v) is 15.3. The largest absolute Gasteiger partial charge is 0.309 e. The average molecular weight is 709 g/mol. The molecule has 6 heteroatoms. The summed E-state index contributed by atoms with van der Waals surface area (Å²) in [7, 11) is 0. The Kier molecular flexibility index (Phi) is 6.71. The molecule has 0 aliphatic rings. The van der Waals surface area contributed by atoms with Gasteiger partial charge in [0.15, 0.2) is 5.82 Å². The number of fused-ring (bicyclic) bond motifs is 10. The van der Waals surface area contributed by atoms with E-state index < -0.39 is 0 Å². The van der Waals surface area contributed by atoms with E-state index in [9.17, 15) is 0 Å². The average Bonchev–Trinajstić information content (AvgIpc) is 3.86. The Balaban J connectivity index is 1.25. The molecule has 0 aliphatic carbocycles. The van der Waals surface area contributed by atoms with Gasteiger partial charge in [-0.05, 0) is 54.6 Å². The van der Waals surface area contributed by atoms with Gasteiger partial charge in [-0.2, -0.15) is 9.97 Å². The van der Waals surface area contributed by atoms with E-state index in [1.165, 1.54) is 37.8 Å². The molecule has 0 bridgehead atoms. The molecule has 0 atom stereocenters. The van der Waals surface area contributed by atoms with Gasteiger partial charge in [0.25, 0.3) is 0 Å². The van der Waals surface area contributed by atoms with Crippen molar-refractivity contribution in [3.63, 3.8) is 0 Å². The summed E-state index contributed by atoms with van der Waals surface area (Å²) in [4.78, 5) is 15.9. The summed E-state index contributed by atoms with van der Waals surface area (Å²) in [6, 6.07) is 58.3. The lowest BCUT2D eigenvalue weighted by Crippen LogP contribution is -2.19. The fraction of sp³-hybridized carbons (Fsp3) is 0.0816. The van der Waals surface area contributed by atoms with Crippen LogP contribution in [0.3, 0.4) is 0 Å². The van der Waals surface area contributed by atoms with E-state index in [0.29, 0.717) is 11.8 Å². The number of aromatic nitrogens is 6. The predicted octanol–water partition coefficient (Wildman–Crippen LogP) is 12.1. The number of benzene rings is 7. The second kappa shape index (κ2) is 11.7. The van der Waals surface area contributed by atoms with E-state index in [2.05, 4.69) is 198 Å². The van der Waals surface area contributed by atoms with E-state index in [1.54, 1.807) is 0 Å². The van der Waals surface area contributed by atoms with Crippen molar-refractivity contribution in [2.24, 2.45) is 0 Å². The molecule has 0 aliphatic heterocycles. The molecule has 262 valence electrons. The van der Waals surface area contributed by atoms with Gasteiger partial charge in [0.1, 0.15) is 5.82 Å². The highest BCUT2D eigenvalue weighted by Gasteiger charge is 2.26. The second-order valence-electron chi connectivity index (χ2n) is 15.3. The Morgan fingerprint density at radius 3 is 1.58 bits per heavy atom. The quantitative estimate of drug-likeness (QED) is 0.183. The van der Waals surface area contributed by atoms with Crippen molar-refractivity contribution >= 4 is 65.4 Å². The van der Waals surface area contributed by atoms with Gasteiger partial charge in [0.05, 0.1) is 38.8 Å². The monoisotopic (exact) mass is 708 g/mol. The lowest BCUT2D eigenvalue weighted by Gasteiger charge is -2.20. The molecule has 55 heavy (non-hydrogen) atoms. The summed E-state index contributed by atoms with van der Waals surface area (Å²) in [5.41, 5.74) is 9.48. The van der Waals surface area contributed by atoms with Crippen LogP contribution in [0.4, 0.5) is 0 Å². The van der Waals surface area contributed by atoms with Crippen LogP contribution in [0.15, 0.2) is 164 Å². The minimum atomic E-state index is -0.335. The highest BCUT2D eigenvalue weighted by Crippen LogP contribution is 2.43. The molecule has 0 amide bonds. The van der Waals surface area contributed by atoms with Gasteiger partial charge < -0.3 is 9.13 Å². The smallest absolute Gasteiger partial charge is 0.238 e. The van der Waals surface area contributed by atoms with Crippen molar-refractivity contribution in [1.29, 1.82) is 0 Å². The first kappa shape index (κ1) is 31.5. The third kappa shape index (κ3) is 4.64. The SMILES string of the molecule is CC(C)(C)c1nc(-c2ccccc2-n2c3ccccc3c3ccc4c(c5ccccc5n4-c4ccccc4)c32)nc(-n2c3ccccc3c3ccccc32)n1. The zero-order chi connectivity index (χ0) is 36.8. The van der Waals surface area contributed by atoms with Gasteiger partial charge in [-0.25, -0.2) is 4.98 Å². The fourth-order valence-corrected chi connectivity index (χ4v) is 8.53. The van der Waals surface area contributed by atoms with Crippen LogP contribution in [-0.4, -0.2) is 28.7 Å². The number of para-hydroxylation sites is 6. The maximum absolute atomic E-state index is 5.37. The molecule has 0 saturated carbocycles.